The fraction of sp³-hybridized carbons (Fsp3) is 0.133. The normalized spacial score (nSPS) is 12.7. The van der Waals surface area contributed by atoms with Crippen LogP contribution in [0.5, 0.6) is 0 Å². The van der Waals surface area contributed by atoms with Crippen LogP contribution in [0.1, 0.15) is 16.7 Å². The van der Waals surface area contributed by atoms with Crippen LogP contribution in [-0.2, 0) is 13.0 Å². The van der Waals surface area contributed by atoms with Gasteiger partial charge in [-0.2, -0.15) is 0 Å². The lowest BCUT2D eigenvalue weighted by Gasteiger charge is -2.05. The number of aromatic amines is 1. The Morgan fingerprint density at radius 3 is 3.00 bits per heavy atom. The average Bonchev–Trinajstić information content (AvgIpc) is 3.03. The highest BCUT2D eigenvalue weighted by molar-refractivity contribution is 7.17. The Hall–Kier alpha value is -1.91. The van der Waals surface area contributed by atoms with E-state index in [4.69, 9.17) is 5.73 Å². The van der Waals surface area contributed by atoms with Crippen LogP contribution in [0, 0.1) is 0 Å². The Morgan fingerprint density at radius 1 is 1.26 bits per heavy atom. The molecule has 0 saturated carbocycles. The quantitative estimate of drug-likeness (QED) is 0.557. The monoisotopic (exact) mass is 268 g/mol. The molecule has 0 aliphatic heterocycles. The van der Waals surface area contributed by atoms with Gasteiger partial charge in [0.25, 0.3) is 5.56 Å². The number of pyridine rings is 1. The summed E-state index contributed by atoms with van der Waals surface area (Å²) in [6, 6.07) is 8.18. The van der Waals surface area contributed by atoms with Gasteiger partial charge in [0.15, 0.2) is 0 Å². The lowest BCUT2D eigenvalue weighted by Crippen LogP contribution is -2.06. The maximum Gasteiger partial charge on any atom is 0.266 e. The molecule has 0 spiro atoms. The van der Waals surface area contributed by atoms with E-state index in [2.05, 4.69) is 17.1 Å². The van der Waals surface area contributed by atoms with E-state index < -0.39 is 0 Å². The fourth-order valence-electron chi connectivity index (χ4n) is 2.96. The minimum atomic E-state index is 0.00903. The van der Waals surface area contributed by atoms with E-state index in [1.807, 2.05) is 17.5 Å². The molecule has 2 heterocycles. The Balaban J connectivity index is 2.11. The highest BCUT2D eigenvalue weighted by atomic mass is 32.1. The number of fused-ring (bicyclic) bond motifs is 5. The van der Waals surface area contributed by atoms with Gasteiger partial charge in [-0.3, -0.25) is 4.79 Å². The summed E-state index contributed by atoms with van der Waals surface area (Å²) in [4.78, 5) is 15.1. The summed E-state index contributed by atoms with van der Waals surface area (Å²) in [7, 11) is 0. The van der Waals surface area contributed by atoms with E-state index in [0.29, 0.717) is 6.54 Å². The third-order valence-corrected chi connectivity index (χ3v) is 4.77. The number of hydrogen-bond acceptors (Lipinski definition) is 3. The van der Waals surface area contributed by atoms with E-state index in [9.17, 15) is 4.79 Å². The third kappa shape index (κ3) is 1.38. The molecule has 19 heavy (non-hydrogen) atoms. The molecule has 4 rings (SSSR count). The van der Waals surface area contributed by atoms with E-state index in [-0.39, 0.29) is 5.56 Å². The molecule has 1 aliphatic carbocycles. The summed E-state index contributed by atoms with van der Waals surface area (Å²) >= 11 is 1.50. The van der Waals surface area contributed by atoms with Gasteiger partial charge in [0.1, 0.15) is 0 Å². The van der Waals surface area contributed by atoms with Crippen LogP contribution < -0.4 is 11.3 Å². The minimum Gasteiger partial charge on any atom is -0.326 e. The fourth-order valence-corrected chi connectivity index (χ4v) is 3.78. The van der Waals surface area contributed by atoms with Crippen molar-refractivity contribution in [1.82, 2.24) is 4.98 Å². The second kappa shape index (κ2) is 3.79. The smallest absolute Gasteiger partial charge is 0.266 e. The average molecular weight is 268 g/mol. The summed E-state index contributed by atoms with van der Waals surface area (Å²) in [6.07, 6.45) is 0.863. The molecule has 1 aliphatic rings. The molecular formula is C15H12N2OS. The van der Waals surface area contributed by atoms with Crippen molar-refractivity contribution in [1.29, 1.82) is 0 Å². The molecule has 3 aromatic rings. The summed E-state index contributed by atoms with van der Waals surface area (Å²) in [5, 5.41) is 3.07. The molecule has 0 radical (unpaired) electrons. The van der Waals surface area contributed by atoms with Gasteiger partial charge in [-0.25, -0.2) is 0 Å². The van der Waals surface area contributed by atoms with Crippen LogP contribution in [0.2, 0.25) is 0 Å². The largest absolute Gasteiger partial charge is 0.326 e. The van der Waals surface area contributed by atoms with E-state index in [0.717, 1.165) is 33.3 Å². The van der Waals surface area contributed by atoms with Gasteiger partial charge in [0.2, 0.25) is 0 Å². The molecule has 2 aromatic heterocycles. The van der Waals surface area contributed by atoms with Gasteiger partial charge in [0, 0.05) is 23.9 Å². The number of benzene rings is 1. The molecule has 0 unspecified atom stereocenters. The number of nitrogens with two attached hydrogens (primary N) is 1. The van der Waals surface area contributed by atoms with Crippen molar-refractivity contribution in [2.45, 2.75) is 13.0 Å². The second-order valence-electron chi connectivity index (χ2n) is 4.80. The van der Waals surface area contributed by atoms with E-state index >= 15 is 0 Å². The molecule has 3 nitrogen and oxygen atoms in total. The predicted molar refractivity (Wildman–Crippen MR) is 78.6 cm³/mol. The van der Waals surface area contributed by atoms with Crippen LogP contribution in [0.4, 0.5) is 0 Å². The minimum absolute atomic E-state index is 0.00903. The molecule has 4 heteroatoms. The van der Waals surface area contributed by atoms with Crippen LogP contribution >= 0.6 is 11.3 Å². The van der Waals surface area contributed by atoms with Gasteiger partial charge >= 0.3 is 0 Å². The van der Waals surface area contributed by atoms with Crippen molar-refractivity contribution in [3.8, 4) is 11.3 Å². The molecule has 0 saturated heterocycles. The van der Waals surface area contributed by atoms with Crippen LogP contribution in [0.3, 0.4) is 0 Å². The number of thiophene rings is 1. The van der Waals surface area contributed by atoms with Crippen molar-refractivity contribution >= 4 is 21.4 Å². The van der Waals surface area contributed by atoms with E-state index in [1.165, 1.54) is 22.5 Å². The van der Waals surface area contributed by atoms with Crippen molar-refractivity contribution in [2.75, 3.05) is 0 Å². The standard InChI is InChI=1S/C15H12N2OS/c16-7-8-2-1-3-9-11(8)6-12-10-4-5-19-14(10)15(18)17-13(9)12/h1-5H,6-7,16H2,(H,17,18). The highest BCUT2D eigenvalue weighted by Crippen LogP contribution is 2.40. The van der Waals surface area contributed by atoms with E-state index in [1.54, 1.807) is 0 Å². The molecule has 0 fully saturated rings. The zero-order chi connectivity index (χ0) is 13.0. The molecule has 94 valence electrons. The lowest BCUT2D eigenvalue weighted by molar-refractivity contribution is 1.04. The first kappa shape index (κ1) is 11.0. The van der Waals surface area contributed by atoms with Crippen molar-refractivity contribution < 1.29 is 0 Å². The molecule has 3 N–H and O–H groups in total. The van der Waals surface area contributed by atoms with Gasteiger partial charge in [-0.05, 0) is 28.1 Å². The maximum absolute atomic E-state index is 12.1. The summed E-state index contributed by atoms with van der Waals surface area (Å²) < 4.78 is 0.820. The summed E-state index contributed by atoms with van der Waals surface area (Å²) in [5.74, 6) is 0. The van der Waals surface area contributed by atoms with Crippen molar-refractivity contribution in [3.05, 3.63) is 56.7 Å². The van der Waals surface area contributed by atoms with Crippen molar-refractivity contribution in [3.63, 3.8) is 0 Å². The van der Waals surface area contributed by atoms with Crippen LogP contribution in [0.15, 0.2) is 34.4 Å². The Kier molecular flexibility index (Phi) is 2.19. The summed E-state index contributed by atoms with van der Waals surface area (Å²) in [6.45, 7) is 0.536. The lowest BCUT2D eigenvalue weighted by atomic mass is 10.0. The first-order valence-electron chi connectivity index (χ1n) is 6.23. The molecular weight excluding hydrogens is 256 g/mol. The van der Waals surface area contributed by atoms with Crippen molar-refractivity contribution in [2.24, 2.45) is 5.73 Å². The van der Waals surface area contributed by atoms with Crippen LogP contribution in [-0.4, -0.2) is 4.98 Å². The van der Waals surface area contributed by atoms with Gasteiger partial charge in [0.05, 0.1) is 10.4 Å². The molecule has 0 amide bonds. The number of aromatic nitrogens is 1. The number of rotatable bonds is 1. The Morgan fingerprint density at radius 2 is 2.16 bits per heavy atom. The Bertz CT molecular complexity index is 860. The summed E-state index contributed by atoms with van der Waals surface area (Å²) in [5.41, 5.74) is 11.6. The topological polar surface area (TPSA) is 58.9 Å². The first-order chi connectivity index (χ1) is 9.29. The first-order valence-corrected chi connectivity index (χ1v) is 7.11. The molecule has 0 atom stereocenters. The van der Waals surface area contributed by atoms with Gasteiger partial charge in [-0.1, -0.05) is 18.2 Å². The second-order valence-corrected chi connectivity index (χ2v) is 5.71. The number of hydrogen-bond donors (Lipinski definition) is 2. The zero-order valence-corrected chi connectivity index (χ0v) is 11.0. The molecule has 1 aromatic carbocycles. The number of nitrogens with one attached hydrogen (secondary N) is 1. The third-order valence-electron chi connectivity index (χ3n) is 3.85. The molecule has 0 bridgehead atoms. The van der Waals surface area contributed by atoms with Gasteiger partial charge < -0.3 is 10.7 Å². The zero-order valence-electron chi connectivity index (χ0n) is 10.2. The van der Waals surface area contributed by atoms with Crippen LogP contribution in [0.25, 0.3) is 21.3 Å². The highest BCUT2D eigenvalue weighted by Gasteiger charge is 2.24. The van der Waals surface area contributed by atoms with Gasteiger partial charge in [-0.15, -0.1) is 11.3 Å². The Labute approximate surface area is 113 Å². The predicted octanol–water partition coefficient (Wildman–Crippen LogP) is 2.62. The maximum atomic E-state index is 12.1. The SMILES string of the molecule is NCc1cccc2c1Cc1c-2[nH]c(=O)c2sccc12. The number of H-pyrrole nitrogens is 1.